The van der Waals surface area contributed by atoms with Crippen LogP contribution in [0.15, 0.2) is 76.3 Å². The van der Waals surface area contributed by atoms with E-state index in [1.807, 2.05) is 0 Å². The zero-order valence-corrected chi connectivity index (χ0v) is 29.8. The summed E-state index contributed by atoms with van der Waals surface area (Å²) in [5, 5.41) is 43.4. The second-order valence-corrected chi connectivity index (χ2v) is 8.34. The fourth-order valence-corrected chi connectivity index (χ4v) is 2.15. The molecule has 0 aliphatic heterocycles. The predicted molar refractivity (Wildman–Crippen MR) is 197 cm³/mol. The zero-order valence-electron chi connectivity index (χ0n) is 29.8. The minimum atomic E-state index is 0.217. The van der Waals surface area contributed by atoms with E-state index < -0.39 is 0 Å². The predicted octanol–water partition coefficient (Wildman–Crippen LogP) is 0.647. The highest BCUT2D eigenvalue weighted by Gasteiger charge is 1.95. The molecule has 24 heteroatoms. The lowest BCUT2D eigenvalue weighted by atomic mass is 10.7. The zero-order chi connectivity index (χ0) is 38.3. The number of rotatable bonds is 27. The molecule has 0 fully saturated rings. The summed E-state index contributed by atoms with van der Waals surface area (Å²) < 4.78 is 15.5. The van der Waals surface area contributed by atoms with Crippen molar-refractivity contribution in [3.8, 4) is 0 Å². The molecule has 24 nitrogen and oxygen atoms in total. The molecule has 0 heterocycles. The van der Waals surface area contributed by atoms with E-state index in [9.17, 15) is 14.4 Å². The Morgan fingerprint density at radius 2 is 0.843 bits per heavy atom. The van der Waals surface area contributed by atoms with Crippen LogP contribution in [0.3, 0.4) is 0 Å². The summed E-state index contributed by atoms with van der Waals surface area (Å²) in [5.74, 6) is 0. The van der Waals surface area contributed by atoms with Crippen molar-refractivity contribution in [2.24, 2.45) is 76.3 Å². The van der Waals surface area contributed by atoms with Crippen molar-refractivity contribution in [3.05, 3.63) is 0 Å². The molecule has 0 amide bonds. The Hall–Kier alpha value is -5.88. The van der Waals surface area contributed by atoms with E-state index in [0.29, 0.717) is 71.7 Å². The van der Waals surface area contributed by atoms with E-state index >= 15 is 0 Å². The molecule has 0 aromatic rings. The number of nitrogens with zero attached hydrogens (tertiary/aromatic N) is 18. The second kappa shape index (κ2) is 46.2. The number of aldehydes is 3. The fourth-order valence-electron chi connectivity index (χ4n) is 2.15. The van der Waals surface area contributed by atoms with Gasteiger partial charge in [-0.25, -0.2) is 0 Å². The van der Waals surface area contributed by atoms with Crippen LogP contribution in [0.4, 0.5) is 0 Å². The van der Waals surface area contributed by atoms with E-state index in [4.69, 9.17) is 14.2 Å². The van der Waals surface area contributed by atoms with E-state index in [1.165, 1.54) is 38.0 Å². The summed E-state index contributed by atoms with van der Waals surface area (Å²) in [5.41, 5.74) is 0. The third-order valence-electron chi connectivity index (χ3n) is 3.99. The number of aliphatic imine (C=N–C) groups is 3. The van der Waals surface area contributed by atoms with Gasteiger partial charge < -0.3 is 28.9 Å². The first-order chi connectivity index (χ1) is 24.9. The van der Waals surface area contributed by atoms with Crippen LogP contribution in [-0.4, -0.2) is 192 Å². The molecule has 0 N–H and O–H groups in total. The number of hydrogen-bond acceptors (Lipinski definition) is 18. The van der Waals surface area contributed by atoms with Gasteiger partial charge in [-0.1, -0.05) is 0 Å². The monoisotopic (exact) mass is 720 g/mol. The Bertz CT molecular complexity index is 1130. The summed E-state index contributed by atoms with van der Waals surface area (Å²) in [7, 11) is 10.2. The summed E-state index contributed by atoms with van der Waals surface area (Å²) >= 11 is 0. The lowest BCUT2D eigenvalue weighted by Gasteiger charge is -2.19. The Morgan fingerprint density at radius 3 is 1.20 bits per heavy atom. The Kier molecular flexibility index (Phi) is 44.9. The molecule has 0 saturated carbocycles. The molecule has 0 radical (unpaired) electrons. The van der Waals surface area contributed by atoms with Gasteiger partial charge in [0.1, 0.15) is 51.6 Å². The molecule has 0 aliphatic carbocycles. The minimum absolute atomic E-state index is 0.217. The maximum atomic E-state index is 9.90. The van der Waals surface area contributed by atoms with Crippen molar-refractivity contribution >= 4 is 75.5 Å². The Balaban J connectivity index is -0.000000678. The highest BCUT2D eigenvalue weighted by atomic mass is 16.7. The van der Waals surface area contributed by atoms with Crippen LogP contribution in [0.25, 0.3) is 0 Å². The molecule has 0 aliphatic rings. The summed E-state index contributed by atoms with van der Waals surface area (Å²) in [4.78, 5) is 45.7. The van der Waals surface area contributed by atoms with Crippen molar-refractivity contribution in [3.63, 3.8) is 0 Å². The van der Waals surface area contributed by atoms with Crippen LogP contribution in [0.2, 0.25) is 0 Å². The molecular formula is C27H48N18O6. The van der Waals surface area contributed by atoms with Crippen molar-refractivity contribution < 1.29 is 28.6 Å². The largest absolute Gasteiger partial charge is 0.359 e. The maximum absolute atomic E-state index is 9.90. The van der Waals surface area contributed by atoms with Gasteiger partial charge in [-0.05, 0) is 0 Å². The Morgan fingerprint density at radius 1 is 0.490 bits per heavy atom. The third kappa shape index (κ3) is 51.1. The topological polar surface area (TPSA) is 274 Å². The van der Waals surface area contributed by atoms with Crippen LogP contribution in [0.5, 0.6) is 0 Å². The molecule has 51 heavy (non-hydrogen) atoms. The fraction of sp³-hybridized carbons (Fsp3) is 0.556. The molecule has 0 spiro atoms. The first-order valence-corrected chi connectivity index (χ1v) is 14.6. The molecule has 282 valence electrons. The van der Waals surface area contributed by atoms with Crippen LogP contribution in [0.1, 0.15) is 0 Å². The third-order valence-corrected chi connectivity index (χ3v) is 3.99. The number of azo groups is 3. The van der Waals surface area contributed by atoms with E-state index in [-0.39, 0.29) is 6.79 Å². The summed E-state index contributed by atoms with van der Waals surface area (Å²) in [6.45, 7) is 3.91. The molecule has 0 aromatic heterocycles. The first kappa shape index (κ1) is 49.5. The highest BCUT2D eigenvalue weighted by Crippen LogP contribution is 1.85. The molecule has 0 aromatic carbocycles. The van der Waals surface area contributed by atoms with Gasteiger partial charge in [0.15, 0.2) is 18.9 Å². The van der Waals surface area contributed by atoms with Gasteiger partial charge in [-0.2, -0.15) is 30.6 Å². The average Bonchev–Trinajstić information content (AvgIpc) is 3.12. The van der Waals surface area contributed by atoms with Crippen molar-refractivity contribution in [1.29, 1.82) is 0 Å². The van der Waals surface area contributed by atoms with E-state index in [1.54, 1.807) is 57.0 Å². The van der Waals surface area contributed by atoms with E-state index in [2.05, 4.69) is 76.3 Å². The van der Waals surface area contributed by atoms with Gasteiger partial charge in [0, 0.05) is 42.3 Å². The molecular weight excluding hydrogens is 672 g/mol. The quantitative estimate of drug-likeness (QED) is 0.0219. The SMILES string of the molecule is CN(C=NN=CC=O)CN(C)C=NN=CC=O.CN=CN=NCCOCN(C)C=NN=CC=O.CN=CN=NCCOCOCCN=NC=NC. The maximum Gasteiger partial charge on any atom is 0.162 e. The van der Waals surface area contributed by atoms with Crippen molar-refractivity contribution in [1.82, 2.24) is 14.7 Å². The molecule has 0 unspecified atom stereocenters. The average molecular weight is 721 g/mol. The normalized spacial score (nSPS) is 12.4. The first-order valence-electron chi connectivity index (χ1n) is 14.6. The molecule has 0 saturated heterocycles. The van der Waals surface area contributed by atoms with Crippen molar-refractivity contribution in [2.75, 3.05) is 102 Å². The smallest absolute Gasteiger partial charge is 0.162 e. The van der Waals surface area contributed by atoms with Gasteiger partial charge in [0.25, 0.3) is 0 Å². The van der Waals surface area contributed by atoms with Crippen LogP contribution in [0, 0.1) is 0 Å². The number of hydrogen-bond donors (Lipinski definition) is 0. The molecule has 0 bridgehead atoms. The number of ether oxygens (including phenoxy) is 3. The summed E-state index contributed by atoms with van der Waals surface area (Å²) in [6.07, 6.45) is 13.3. The van der Waals surface area contributed by atoms with Crippen LogP contribution >= 0.6 is 0 Å². The van der Waals surface area contributed by atoms with Gasteiger partial charge in [0.05, 0.1) is 64.8 Å². The van der Waals surface area contributed by atoms with Crippen LogP contribution in [-0.2, 0) is 28.6 Å². The minimum Gasteiger partial charge on any atom is -0.359 e. The van der Waals surface area contributed by atoms with Gasteiger partial charge in [0.2, 0.25) is 0 Å². The Labute approximate surface area is 297 Å². The molecule has 0 rings (SSSR count). The van der Waals surface area contributed by atoms with E-state index in [0.717, 1.165) is 18.6 Å². The van der Waals surface area contributed by atoms with Gasteiger partial charge >= 0.3 is 0 Å². The lowest BCUT2D eigenvalue weighted by molar-refractivity contribution is -0.103. The molecule has 0 atom stereocenters. The number of carbonyl (C=O) groups excluding carboxylic acids is 3. The van der Waals surface area contributed by atoms with Gasteiger partial charge in [-0.3, -0.25) is 29.4 Å². The standard InChI is InChI=1S/C9H14N6O2.C9H16N6O2.C9H18N6O2/c1-14(7-12-10-3-5-16)9-15(2)8-13-11-4-6-17;1-10-7-13-12-4-6-17-9-15(2)8-14-11-3-5-16;1-10-7-14-12-3-5-16-9-17-6-4-13-15-8-11-2/h3-8H,9H2,1-2H3;3,5,7-8H,4,6,9H2,1-2H3;7-8H,3-6,9H2,1-2H3. The second-order valence-electron chi connectivity index (χ2n) is 8.34. The number of carbonyl (C=O) groups is 3. The van der Waals surface area contributed by atoms with Crippen molar-refractivity contribution in [2.45, 2.75) is 0 Å². The highest BCUT2D eigenvalue weighted by molar-refractivity contribution is 6.13. The van der Waals surface area contributed by atoms with Gasteiger partial charge in [-0.15, -0.1) is 30.6 Å². The lowest BCUT2D eigenvalue weighted by Crippen LogP contribution is -2.31. The summed E-state index contributed by atoms with van der Waals surface area (Å²) in [6, 6.07) is 0. The van der Waals surface area contributed by atoms with Crippen LogP contribution < -0.4 is 0 Å².